The fourth-order valence-electron chi connectivity index (χ4n) is 4.06. The second kappa shape index (κ2) is 8.79. The van der Waals surface area contributed by atoms with Gasteiger partial charge >= 0.3 is 5.97 Å². The Labute approximate surface area is 197 Å². The largest absolute Gasteiger partial charge is 0.463 e. The molecule has 0 N–H and O–H groups in total. The molecular formula is C24H27ClN4O2S. The van der Waals surface area contributed by atoms with Crippen molar-refractivity contribution in [2.24, 2.45) is 4.99 Å². The first kappa shape index (κ1) is 22.7. The number of ether oxygens (including phenoxy) is 1. The Kier molecular flexibility index (Phi) is 6.23. The van der Waals surface area contributed by atoms with Gasteiger partial charge < -0.3 is 4.74 Å². The molecule has 2 aromatic heterocycles. The number of aliphatic imine (C=N–C) groups is 1. The quantitative estimate of drug-likeness (QED) is 0.431. The Morgan fingerprint density at radius 1 is 1.16 bits per heavy atom. The van der Waals surface area contributed by atoms with Gasteiger partial charge in [0.15, 0.2) is 5.82 Å². The summed E-state index contributed by atoms with van der Waals surface area (Å²) in [5.41, 5.74) is 4.04. The summed E-state index contributed by atoms with van der Waals surface area (Å²) < 4.78 is 7.48. The molecule has 0 fully saturated rings. The molecule has 0 bridgehead atoms. The summed E-state index contributed by atoms with van der Waals surface area (Å²) in [4.78, 5) is 19.0. The third-order valence-corrected chi connectivity index (χ3v) is 7.24. The zero-order valence-electron chi connectivity index (χ0n) is 19.1. The lowest BCUT2D eigenvalue weighted by Gasteiger charge is -2.14. The standard InChI is InChI=1S/C24H27ClN4O2S/c1-12(2)22-14(5)20-21(16-7-9-17(25)10-8-16)26-18(11-19(30)31-13(3)4)23-28-27-15(6)29(23)24(20)32-22/h7-10,12-13,18H,11H2,1-6H3. The lowest BCUT2D eigenvalue weighted by atomic mass is 9.97. The highest BCUT2D eigenvalue weighted by molar-refractivity contribution is 7.15. The summed E-state index contributed by atoms with van der Waals surface area (Å²) in [7, 11) is 0. The van der Waals surface area contributed by atoms with E-state index in [9.17, 15) is 4.79 Å². The van der Waals surface area contributed by atoms with E-state index in [4.69, 9.17) is 21.3 Å². The van der Waals surface area contributed by atoms with Crippen molar-refractivity contribution in [1.82, 2.24) is 14.8 Å². The molecule has 1 aliphatic rings. The normalized spacial score (nSPS) is 15.4. The fourth-order valence-corrected chi connectivity index (χ4v) is 5.55. The minimum Gasteiger partial charge on any atom is -0.463 e. The van der Waals surface area contributed by atoms with Crippen molar-refractivity contribution in [2.45, 2.75) is 66.0 Å². The van der Waals surface area contributed by atoms with Crippen molar-refractivity contribution in [3.05, 3.63) is 62.5 Å². The predicted octanol–water partition coefficient (Wildman–Crippen LogP) is 5.96. The topological polar surface area (TPSA) is 69.4 Å². The van der Waals surface area contributed by atoms with Gasteiger partial charge in [0.1, 0.15) is 16.9 Å². The van der Waals surface area contributed by atoms with Gasteiger partial charge in [-0.1, -0.05) is 37.6 Å². The minimum atomic E-state index is -0.505. The molecule has 1 aromatic carbocycles. The number of esters is 1. The van der Waals surface area contributed by atoms with Gasteiger partial charge in [-0.25, -0.2) is 0 Å². The van der Waals surface area contributed by atoms with E-state index in [0.717, 1.165) is 27.7 Å². The van der Waals surface area contributed by atoms with Crippen LogP contribution in [0.4, 0.5) is 0 Å². The van der Waals surface area contributed by atoms with Gasteiger partial charge in [0.2, 0.25) is 0 Å². The maximum Gasteiger partial charge on any atom is 0.308 e. The SMILES string of the molecule is Cc1c(C(C)C)sc2c1C(c1ccc(Cl)cc1)=NC(CC(=O)OC(C)C)c1nnc(C)n1-2. The molecule has 1 aliphatic heterocycles. The van der Waals surface area contributed by atoms with Crippen LogP contribution < -0.4 is 0 Å². The Bertz CT molecular complexity index is 1190. The molecule has 1 unspecified atom stereocenters. The minimum absolute atomic E-state index is 0.0957. The molecule has 0 amide bonds. The van der Waals surface area contributed by atoms with Crippen LogP contribution in [0.2, 0.25) is 5.02 Å². The molecule has 4 rings (SSSR count). The van der Waals surface area contributed by atoms with E-state index < -0.39 is 6.04 Å². The average molecular weight is 471 g/mol. The van der Waals surface area contributed by atoms with E-state index in [1.165, 1.54) is 10.4 Å². The maximum atomic E-state index is 12.6. The molecule has 32 heavy (non-hydrogen) atoms. The van der Waals surface area contributed by atoms with Crippen molar-refractivity contribution >= 4 is 34.6 Å². The van der Waals surface area contributed by atoms with E-state index in [1.54, 1.807) is 11.3 Å². The number of halogens is 1. The number of benzene rings is 1. The maximum absolute atomic E-state index is 12.6. The lowest BCUT2D eigenvalue weighted by molar-refractivity contribution is -0.147. The van der Waals surface area contributed by atoms with E-state index in [1.807, 2.05) is 45.0 Å². The highest BCUT2D eigenvalue weighted by Crippen LogP contribution is 2.42. The van der Waals surface area contributed by atoms with Gasteiger partial charge in [-0.2, -0.15) is 0 Å². The zero-order valence-corrected chi connectivity index (χ0v) is 20.7. The molecule has 0 aliphatic carbocycles. The van der Waals surface area contributed by atoms with E-state index >= 15 is 0 Å². The van der Waals surface area contributed by atoms with Crippen LogP contribution in [-0.2, 0) is 9.53 Å². The first-order chi connectivity index (χ1) is 15.2. The summed E-state index contributed by atoms with van der Waals surface area (Å²) in [6, 6.07) is 7.17. The number of aromatic nitrogens is 3. The fraction of sp³-hybridized carbons (Fsp3) is 0.417. The summed E-state index contributed by atoms with van der Waals surface area (Å²) in [5, 5.41) is 10.5. The third-order valence-electron chi connectivity index (χ3n) is 5.41. The van der Waals surface area contributed by atoms with Crippen molar-refractivity contribution in [3.63, 3.8) is 0 Å². The second-order valence-corrected chi connectivity index (χ2v) is 10.1. The van der Waals surface area contributed by atoms with Crippen molar-refractivity contribution in [2.75, 3.05) is 0 Å². The van der Waals surface area contributed by atoms with Crippen LogP contribution >= 0.6 is 22.9 Å². The molecule has 8 heteroatoms. The third kappa shape index (κ3) is 4.11. The molecule has 1 atom stereocenters. The number of fused-ring (bicyclic) bond motifs is 3. The molecule has 168 valence electrons. The number of carbonyl (C=O) groups excluding carboxylic acids is 1. The Morgan fingerprint density at radius 3 is 2.47 bits per heavy atom. The van der Waals surface area contributed by atoms with Gasteiger partial charge in [0, 0.05) is 21.0 Å². The summed E-state index contributed by atoms with van der Waals surface area (Å²) in [6.45, 7) is 12.1. The highest BCUT2D eigenvalue weighted by atomic mass is 35.5. The van der Waals surface area contributed by atoms with Gasteiger partial charge in [0.05, 0.1) is 18.2 Å². The van der Waals surface area contributed by atoms with Crippen LogP contribution in [0.25, 0.3) is 5.00 Å². The van der Waals surface area contributed by atoms with E-state index in [0.29, 0.717) is 16.8 Å². The number of hydrogen-bond donors (Lipinski definition) is 0. The van der Waals surface area contributed by atoms with Gasteiger partial charge in [-0.15, -0.1) is 21.5 Å². The molecule has 6 nitrogen and oxygen atoms in total. The molecule has 0 spiro atoms. The zero-order chi connectivity index (χ0) is 23.2. The van der Waals surface area contributed by atoms with Crippen molar-refractivity contribution in [3.8, 4) is 5.00 Å². The monoisotopic (exact) mass is 470 g/mol. The first-order valence-electron chi connectivity index (χ1n) is 10.8. The molecular weight excluding hydrogens is 444 g/mol. The van der Waals surface area contributed by atoms with Crippen LogP contribution in [0.1, 0.15) is 79.3 Å². The number of carbonyl (C=O) groups is 1. The lowest BCUT2D eigenvalue weighted by Crippen LogP contribution is -2.16. The van der Waals surface area contributed by atoms with E-state index in [2.05, 4.69) is 35.5 Å². The number of hydrogen-bond acceptors (Lipinski definition) is 6. The number of nitrogens with zero attached hydrogens (tertiary/aromatic N) is 4. The number of thiophene rings is 1. The van der Waals surface area contributed by atoms with Crippen LogP contribution in [0, 0.1) is 13.8 Å². The molecule has 0 radical (unpaired) electrons. The Hall–Kier alpha value is -2.51. The van der Waals surface area contributed by atoms with E-state index in [-0.39, 0.29) is 18.5 Å². The van der Waals surface area contributed by atoms with Crippen LogP contribution in [0.15, 0.2) is 29.3 Å². The summed E-state index contributed by atoms with van der Waals surface area (Å²) in [5.74, 6) is 1.49. The predicted molar refractivity (Wildman–Crippen MR) is 128 cm³/mol. The molecule has 3 heterocycles. The van der Waals surface area contributed by atoms with Crippen LogP contribution in [-0.4, -0.2) is 32.5 Å². The number of aryl methyl sites for hydroxylation is 1. The molecule has 0 saturated heterocycles. The van der Waals surface area contributed by atoms with Gasteiger partial charge in [-0.05, 0) is 51.3 Å². The van der Waals surface area contributed by atoms with Crippen LogP contribution in [0.5, 0.6) is 0 Å². The van der Waals surface area contributed by atoms with Crippen molar-refractivity contribution < 1.29 is 9.53 Å². The average Bonchev–Trinajstić information content (AvgIpc) is 3.21. The molecule has 3 aromatic rings. The van der Waals surface area contributed by atoms with Crippen molar-refractivity contribution in [1.29, 1.82) is 0 Å². The summed E-state index contributed by atoms with van der Waals surface area (Å²) >= 11 is 7.90. The Balaban J connectivity index is 1.96. The smallest absolute Gasteiger partial charge is 0.308 e. The van der Waals surface area contributed by atoms with Gasteiger partial charge in [-0.3, -0.25) is 14.4 Å². The highest BCUT2D eigenvalue weighted by Gasteiger charge is 2.33. The Morgan fingerprint density at radius 2 is 1.84 bits per heavy atom. The second-order valence-electron chi connectivity index (χ2n) is 8.61. The number of rotatable bonds is 5. The first-order valence-corrected chi connectivity index (χ1v) is 12.0. The summed E-state index contributed by atoms with van der Waals surface area (Å²) in [6.07, 6.45) is -0.0941. The molecule has 0 saturated carbocycles. The van der Waals surface area contributed by atoms with Gasteiger partial charge in [0.25, 0.3) is 0 Å². The van der Waals surface area contributed by atoms with Crippen LogP contribution in [0.3, 0.4) is 0 Å².